The van der Waals surface area contributed by atoms with Crippen LogP contribution in [0.25, 0.3) is 27.4 Å². The fourth-order valence-corrected chi connectivity index (χ4v) is 10.1. The van der Waals surface area contributed by atoms with Crippen LogP contribution < -0.4 is 16.0 Å². The lowest BCUT2D eigenvalue weighted by molar-refractivity contribution is -0.144. The van der Waals surface area contributed by atoms with Gasteiger partial charge >= 0.3 is 0 Å². The van der Waals surface area contributed by atoms with Crippen LogP contribution in [0.5, 0.6) is 0 Å². The van der Waals surface area contributed by atoms with Crippen LogP contribution in [0.2, 0.25) is 0 Å². The second-order valence-electron chi connectivity index (χ2n) is 19.8. The minimum Gasteiger partial charge on any atom is -0.391 e. The molecule has 1 unspecified atom stereocenters. The number of aromatic nitrogens is 2. The van der Waals surface area contributed by atoms with E-state index in [0.717, 1.165) is 38.2 Å². The van der Waals surface area contributed by atoms with Gasteiger partial charge in [0.05, 0.1) is 28.2 Å². The summed E-state index contributed by atoms with van der Waals surface area (Å²) >= 11 is 1.56. The smallest absolute Gasteiger partial charge is 0.246 e. The molecule has 16 heteroatoms. The molecule has 0 radical (unpaired) electrons. The summed E-state index contributed by atoms with van der Waals surface area (Å²) in [4.78, 5) is 65.4. The molecule has 0 saturated carbocycles. The highest BCUT2D eigenvalue weighted by Crippen LogP contribution is 2.43. The van der Waals surface area contributed by atoms with Crippen LogP contribution >= 0.6 is 11.3 Å². The van der Waals surface area contributed by atoms with Crippen molar-refractivity contribution in [3.8, 4) is 10.4 Å². The molecule has 4 amide bonds. The Morgan fingerprint density at radius 1 is 1.00 bits per heavy atom. The Labute approximate surface area is 399 Å². The summed E-state index contributed by atoms with van der Waals surface area (Å²) < 4.78 is 47.4. The predicted octanol–water partition coefficient (Wildman–Crippen LogP) is 8.07. The summed E-state index contributed by atoms with van der Waals surface area (Å²) in [6.07, 6.45) is 3.12. The van der Waals surface area contributed by atoms with E-state index in [4.69, 9.17) is 0 Å². The third-order valence-corrected chi connectivity index (χ3v) is 13.7. The highest BCUT2D eigenvalue weighted by Gasteiger charge is 2.45. The molecule has 0 spiro atoms. The number of alkyl halides is 1. The maximum absolute atomic E-state index is 16.1. The van der Waals surface area contributed by atoms with Crippen molar-refractivity contribution < 1.29 is 37.5 Å². The first-order chi connectivity index (χ1) is 32.2. The highest BCUT2D eigenvalue weighted by atomic mass is 32.1. The van der Waals surface area contributed by atoms with Crippen LogP contribution in [0.3, 0.4) is 0 Å². The number of amides is 4. The summed E-state index contributed by atoms with van der Waals surface area (Å²) in [6, 6.07) is 14.8. The topological polar surface area (TPSA) is 160 Å². The van der Waals surface area contributed by atoms with Gasteiger partial charge in [0.1, 0.15) is 29.4 Å². The van der Waals surface area contributed by atoms with Crippen LogP contribution in [0.15, 0.2) is 72.3 Å². The molecule has 12 nitrogen and oxygen atoms in total. The fourth-order valence-electron chi connectivity index (χ4n) is 9.33. The number of carbonyl (C=O) groups is 4. The van der Waals surface area contributed by atoms with Gasteiger partial charge in [0.2, 0.25) is 23.6 Å². The molecule has 4 heterocycles. The van der Waals surface area contributed by atoms with Gasteiger partial charge in [0, 0.05) is 73.3 Å². The molecule has 0 aliphatic carbocycles. The zero-order valence-electron chi connectivity index (χ0n) is 39.7. The average Bonchev–Trinajstić information content (AvgIpc) is 4.00. The van der Waals surface area contributed by atoms with Crippen LogP contribution in [0.4, 0.5) is 13.2 Å². The molecular formula is C52H62F3N7O5S. The summed E-state index contributed by atoms with van der Waals surface area (Å²) in [5, 5.41) is 20.0. The first-order valence-corrected chi connectivity index (χ1v) is 24.1. The number of aryl methyl sites for hydroxylation is 1. The maximum atomic E-state index is 16.1. The number of aromatic amines is 1. The molecule has 0 bridgehead atoms. The van der Waals surface area contributed by atoms with Crippen molar-refractivity contribution in [2.75, 3.05) is 19.6 Å². The predicted molar refractivity (Wildman–Crippen MR) is 259 cm³/mol. The normalized spacial score (nSPS) is 19.3. The summed E-state index contributed by atoms with van der Waals surface area (Å²) in [6.45, 7) is 12.6. The van der Waals surface area contributed by atoms with E-state index >= 15 is 13.2 Å². The van der Waals surface area contributed by atoms with Gasteiger partial charge in [0.15, 0.2) is 0 Å². The van der Waals surface area contributed by atoms with Crippen LogP contribution in [0.1, 0.15) is 107 Å². The van der Waals surface area contributed by atoms with Gasteiger partial charge in [-0.15, -0.1) is 11.3 Å². The molecule has 5 N–H and O–H groups in total. The summed E-state index contributed by atoms with van der Waals surface area (Å²) in [5.41, 5.74) is 4.63. The number of unbranched alkanes of at least 4 members (excludes halogenated alkanes) is 1. The number of nitrogens with zero attached hydrogens (tertiary/aromatic N) is 3. The number of fused-ring (bicyclic) bond motifs is 3. The number of halogens is 3. The van der Waals surface area contributed by atoms with Crippen molar-refractivity contribution in [1.82, 2.24) is 35.7 Å². The van der Waals surface area contributed by atoms with Gasteiger partial charge in [-0.3, -0.25) is 24.1 Å². The lowest BCUT2D eigenvalue weighted by Crippen LogP contribution is -2.57. The second kappa shape index (κ2) is 20.8. The molecule has 362 valence electrons. The van der Waals surface area contributed by atoms with E-state index in [1.807, 2.05) is 83.1 Å². The van der Waals surface area contributed by atoms with Gasteiger partial charge < -0.3 is 30.9 Å². The Balaban J connectivity index is 0.900. The molecule has 1 fully saturated rings. The first kappa shape index (κ1) is 50.0. The van der Waals surface area contributed by atoms with E-state index in [1.165, 1.54) is 43.0 Å². The Morgan fingerprint density at radius 2 is 1.71 bits per heavy atom. The van der Waals surface area contributed by atoms with E-state index in [9.17, 15) is 24.3 Å². The van der Waals surface area contributed by atoms with Crippen molar-refractivity contribution >= 4 is 51.9 Å². The number of aliphatic hydroxyl groups is 1. The number of likely N-dealkylation sites (tertiary alicyclic amines) is 1. The van der Waals surface area contributed by atoms with E-state index in [-0.39, 0.29) is 62.1 Å². The third kappa shape index (κ3) is 11.7. The van der Waals surface area contributed by atoms with Crippen LogP contribution in [-0.4, -0.2) is 98.0 Å². The second-order valence-corrected chi connectivity index (χ2v) is 20.7. The minimum atomic E-state index is -1.63. The number of rotatable bonds is 16. The molecule has 7 rings (SSSR count). The Bertz CT molecular complexity index is 2650. The SMILES string of the molecule is Cc1ncsc1-c1ccc(CNC(=O)[C@@H]2C[C@@H](O)CN2C(=O)C(NC(=O)CCCCNC(=O)/C=C/c2cc(F)c([C@@H]3c4[nH]c5ccccc5c4C[C@@H](C)N3CC(C)(C)F)c(F)c2)C(C)(C)C)cc1. The number of aliphatic hydroxyl groups excluding tert-OH is 1. The number of carbonyl (C=O) groups excluding carboxylic acids is 4. The fraction of sp³-hybridized carbons (Fsp3) is 0.442. The molecule has 5 aromatic rings. The van der Waals surface area contributed by atoms with Gasteiger partial charge in [-0.05, 0) is 98.9 Å². The molecule has 3 aromatic carbocycles. The Kier molecular flexibility index (Phi) is 15.3. The van der Waals surface area contributed by atoms with E-state index < -0.39 is 64.7 Å². The van der Waals surface area contributed by atoms with Crippen molar-refractivity contribution in [1.29, 1.82) is 0 Å². The molecule has 68 heavy (non-hydrogen) atoms. The monoisotopic (exact) mass is 953 g/mol. The molecule has 1 saturated heterocycles. The summed E-state index contributed by atoms with van der Waals surface area (Å²) in [5.74, 6) is -3.37. The highest BCUT2D eigenvalue weighted by molar-refractivity contribution is 7.13. The largest absolute Gasteiger partial charge is 0.391 e. The zero-order valence-corrected chi connectivity index (χ0v) is 40.5. The third-order valence-electron chi connectivity index (χ3n) is 12.7. The molecule has 2 aliphatic rings. The number of para-hydroxylation sites is 1. The van der Waals surface area contributed by atoms with Crippen molar-refractivity contribution in [2.24, 2.45) is 5.41 Å². The minimum absolute atomic E-state index is 0.0447. The van der Waals surface area contributed by atoms with E-state index in [0.29, 0.717) is 25.0 Å². The van der Waals surface area contributed by atoms with Crippen molar-refractivity contribution in [3.63, 3.8) is 0 Å². The van der Waals surface area contributed by atoms with Crippen LogP contribution in [-0.2, 0) is 32.1 Å². The van der Waals surface area contributed by atoms with Crippen molar-refractivity contribution in [3.05, 3.63) is 118 Å². The van der Waals surface area contributed by atoms with E-state index in [2.05, 4.69) is 25.9 Å². The van der Waals surface area contributed by atoms with Gasteiger partial charge in [-0.25, -0.2) is 18.2 Å². The van der Waals surface area contributed by atoms with Gasteiger partial charge in [-0.2, -0.15) is 0 Å². The van der Waals surface area contributed by atoms with Crippen LogP contribution in [0, 0.1) is 24.0 Å². The number of β-amino-alcohol motifs (C(OH)–C–C–N with tert-alkyl or cyclic N) is 1. The number of thiazole rings is 1. The lowest BCUT2D eigenvalue weighted by atomic mass is 9.85. The number of hydrogen-bond donors (Lipinski definition) is 5. The van der Waals surface area contributed by atoms with Gasteiger partial charge in [0.25, 0.3) is 0 Å². The molecule has 5 atom stereocenters. The summed E-state index contributed by atoms with van der Waals surface area (Å²) in [7, 11) is 0. The number of H-pyrrole nitrogens is 1. The molecule has 2 aliphatic heterocycles. The first-order valence-electron chi connectivity index (χ1n) is 23.2. The zero-order chi connectivity index (χ0) is 49.1. The Morgan fingerprint density at radius 3 is 2.37 bits per heavy atom. The maximum Gasteiger partial charge on any atom is 0.246 e. The number of hydrogen-bond acceptors (Lipinski definition) is 8. The quantitative estimate of drug-likeness (QED) is 0.0494. The number of benzene rings is 3. The Hall–Kier alpha value is -5.84. The number of nitrogens with one attached hydrogen (secondary N) is 4. The van der Waals surface area contributed by atoms with Crippen molar-refractivity contribution in [2.45, 2.75) is 123 Å². The lowest BCUT2D eigenvalue weighted by Gasteiger charge is -2.43. The molecule has 2 aromatic heterocycles. The van der Waals surface area contributed by atoms with E-state index in [1.54, 1.807) is 21.7 Å². The molecular weight excluding hydrogens is 892 g/mol. The van der Waals surface area contributed by atoms with Gasteiger partial charge in [-0.1, -0.05) is 63.2 Å². The average molecular weight is 954 g/mol. The standard InChI is InChI=1S/C52H62F3N7O5S/c1-30-22-37-36-12-8-9-13-40(36)59-45(37)46(62(30)28-52(6,7)55)44-38(53)23-33(24-39(44)54)17-20-42(64)56-21-11-10-14-43(65)60-48(51(3,4)5)50(67)61-27-35(63)25-41(61)49(66)57-26-32-15-18-34(19-16-32)47-31(2)58-29-68-47/h8-9,12-13,15-20,23-24,29-30,35,41,46,48,59,63H,10-11,14,21-22,25-28H2,1-7H3,(H,56,64)(H,57,66)(H,60,65)/b20-17+/t30-,35-,41+,46-,48?/m1/s1.